The maximum absolute atomic E-state index is 12.8. The van der Waals surface area contributed by atoms with Gasteiger partial charge < -0.3 is 14.4 Å². The Bertz CT molecular complexity index is 1020. The Morgan fingerprint density at radius 2 is 2.00 bits per heavy atom. The molecule has 1 amide bonds. The van der Waals surface area contributed by atoms with Crippen LogP contribution in [0.5, 0.6) is 0 Å². The van der Waals surface area contributed by atoms with Crippen LogP contribution in [0.3, 0.4) is 0 Å². The van der Waals surface area contributed by atoms with Gasteiger partial charge >= 0.3 is 0 Å². The summed E-state index contributed by atoms with van der Waals surface area (Å²) in [6, 6.07) is 9.68. The summed E-state index contributed by atoms with van der Waals surface area (Å²) < 4.78 is 5.73. The van der Waals surface area contributed by atoms with Gasteiger partial charge in [-0.15, -0.1) is 11.3 Å². The summed E-state index contributed by atoms with van der Waals surface area (Å²) in [6.07, 6.45) is 3.03. The second-order valence-corrected chi connectivity index (χ2v) is 7.22. The van der Waals surface area contributed by atoms with Crippen LogP contribution in [0.15, 0.2) is 64.2 Å². The fourth-order valence-electron chi connectivity index (χ4n) is 3.17. The van der Waals surface area contributed by atoms with E-state index >= 15 is 0 Å². The lowest BCUT2D eigenvalue weighted by atomic mass is 10.00. The molecule has 1 saturated heterocycles. The molecule has 136 valence electrons. The minimum absolute atomic E-state index is 0.0251. The SMILES string of the molecule is Cc1ccc(C2/C(=C(/O)c3ccncc3)C(=O)C(=O)N2Cc2cccs2)o1. The van der Waals surface area contributed by atoms with E-state index in [1.165, 1.54) is 28.6 Å². The third kappa shape index (κ3) is 3.06. The van der Waals surface area contributed by atoms with Crippen molar-refractivity contribution in [2.45, 2.75) is 19.5 Å². The lowest BCUT2D eigenvalue weighted by Crippen LogP contribution is -2.28. The second-order valence-electron chi connectivity index (χ2n) is 6.19. The molecular formula is C20H16N2O4S. The van der Waals surface area contributed by atoms with Gasteiger partial charge in [-0.05, 0) is 42.6 Å². The molecule has 1 unspecified atom stereocenters. The number of aryl methyl sites for hydroxylation is 1. The summed E-state index contributed by atoms with van der Waals surface area (Å²) in [5.74, 6) is -0.504. The van der Waals surface area contributed by atoms with Gasteiger partial charge in [0.1, 0.15) is 23.3 Å². The highest BCUT2D eigenvalue weighted by molar-refractivity contribution is 7.09. The van der Waals surface area contributed by atoms with Crippen LogP contribution in [0.1, 0.15) is 28.0 Å². The minimum atomic E-state index is -0.783. The largest absolute Gasteiger partial charge is 0.507 e. The molecule has 3 aromatic heterocycles. The maximum atomic E-state index is 12.8. The highest BCUT2D eigenvalue weighted by atomic mass is 32.1. The van der Waals surface area contributed by atoms with E-state index in [9.17, 15) is 14.7 Å². The molecular weight excluding hydrogens is 364 g/mol. The number of amides is 1. The fourth-order valence-corrected chi connectivity index (χ4v) is 3.88. The van der Waals surface area contributed by atoms with Crippen LogP contribution >= 0.6 is 11.3 Å². The quantitative estimate of drug-likeness (QED) is 0.424. The monoisotopic (exact) mass is 380 g/mol. The summed E-state index contributed by atoms with van der Waals surface area (Å²) in [5, 5.41) is 12.7. The number of hydrogen-bond acceptors (Lipinski definition) is 6. The summed E-state index contributed by atoms with van der Waals surface area (Å²) in [7, 11) is 0. The molecule has 1 atom stereocenters. The topological polar surface area (TPSA) is 83.6 Å². The van der Waals surface area contributed by atoms with Crippen LogP contribution < -0.4 is 0 Å². The lowest BCUT2D eigenvalue weighted by molar-refractivity contribution is -0.140. The molecule has 0 aromatic carbocycles. The molecule has 6 nitrogen and oxygen atoms in total. The van der Waals surface area contributed by atoms with Gasteiger partial charge in [0.2, 0.25) is 0 Å². The molecule has 0 spiro atoms. The molecule has 0 aliphatic carbocycles. The number of aliphatic hydroxyl groups is 1. The van der Waals surface area contributed by atoms with E-state index in [1.807, 2.05) is 17.5 Å². The third-order valence-corrected chi connectivity index (χ3v) is 5.29. The van der Waals surface area contributed by atoms with E-state index in [2.05, 4.69) is 4.98 Å². The van der Waals surface area contributed by atoms with Crippen molar-refractivity contribution in [2.75, 3.05) is 0 Å². The number of aromatic nitrogens is 1. The number of likely N-dealkylation sites (tertiary alicyclic amines) is 1. The zero-order valence-electron chi connectivity index (χ0n) is 14.5. The van der Waals surface area contributed by atoms with Gasteiger partial charge in [-0.2, -0.15) is 0 Å². The zero-order valence-corrected chi connectivity index (χ0v) is 15.3. The summed E-state index contributed by atoms with van der Waals surface area (Å²) in [6.45, 7) is 2.05. The predicted octanol–water partition coefficient (Wildman–Crippen LogP) is 3.67. The first-order chi connectivity index (χ1) is 13.1. The van der Waals surface area contributed by atoms with Gasteiger partial charge in [-0.1, -0.05) is 6.07 Å². The normalized spacial score (nSPS) is 19.0. The van der Waals surface area contributed by atoms with Crippen LogP contribution in [0.2, 0.25) is 0 Å². The Morgan fingerprint density at radius 1 is 1.22 bits per heavy atom. The van der Waals surface area contributed by atoms with Crippen LogP contribution in [0, 0.1) is 6.92 Å². The first-order valence-electron chi connectivity index (χ1n) is 8.34. The molecule has 4 heterocycles. The number of nitrogens with zero attached hydrogens (tertiary/aromatic N) is 2. The molecule has 7 heteroatoms. The number of carbonyl (C=O) groups is 2. The summed E-state index contributed by atoms with van der Waals surface area (Å²) in [4.78, 5) is 31.8. The standard InChI is InChI=1S/C20H16N2O4S/c1-12-4-5-15(26-12)17-16(18(23)13-6-8-21-9-7-13)19(24)20(25)22(17)11-14-3-2-10-27-14/h2-10,17,23H,11H2,1H3/b18-16-. The lowest BCUT2D eigenvalue weighted by Gasteiger charge is -2.22. The molecule has 27 heavy (non-hydrogen) atoms. The van der Waals surface area contributed by atoms with Crippen LogP contribution in [-0.2, 0) is 16.1 Å². The second kappa shape index (κ2) is 6.85. The van der Waals surface area contributed by atoms with Crippen LogP contribution in [0.25, 0.3) is 5.76 Å². The van der Waals surface area contributed by atoms with Gasteiger partial charge in [-0.25, -0.2) is 0 Å². The average molecular weight is 380 g/mol. The molecule has 1 aliphatic heterocycles. The molecule has 1 fully saturated rings. The van der Waals surface area contributed by atoms with Gasteiger partial charge in [-0.3, -0.25) is 14.6 Å². The Balaban J connectivity index is 1.86. The Hall–Kier alpha value is -3.19. The zero-order chi connectivity index (χ0) is 19.0. The van der Waals surface area contributed by atoms with Crippen molar-refractivity contribution in [2.24, 2.45) is 0 Å². The van der Waals surface area contributed by atoms with E-state index in [4.69, 9.17) is 4.42 Å². The highest BCUT2D eigenvalue weighted by Gasteiger charge is 2.47. The predicted molar refractivity (Wildman–Crippen MR) is 99.8 cm³/mol. The molecule has 0 bridgehead atoms. The van der Waals surface area contributed by atoms with E-state index in [1.54, 1.807) is 31.2 Å². The van der Waals surface area contributed by atoms with Crippen molar-refractivity contribution in [3.05, 3.63) is 81.7 Å². The van der Waals surface area contributed by atoms with Crippen LogP contribution in [0.4, 0.5) is 0 Å². The highest BCUT2D eigenvalue weighted by Crippen LogP contribution is 2.41. The Morgan fingerprint density at radius 3 is 2.63 bits per heavy atom. The number of hydrogen-bond donors (Lipinski definition) is 1. The first kappa shape index (κ1) is 17.2. The first-order valence-corrected chi connectivity index (χ1v) is 9.21. The number of aliphatic hydroxyl groups excluding tert-OH is 1. The maximum Gasteiger partial charge on any atom is 0.296 e. The van der Waals surface area contributed by atoms with E-state index in [0.717, 1.165) is 4.88 Å². The number of Topliss-reactive ketones (excluding diaryl/α,β-unsaturated/α-hetero) is 1. The van der Waals surface area contributed by atoms with E-state index < -0.39 is 17.7 Å². The van der Waals surface area contributed by atoms with E-state index in [0.29, 0.717) is 17.1 Å². The molecule has 0 radical (unpaired) electrons. The van der Waals surface area contributed by atoms with E-state index in [-0.39, 0.29) is 17.9 Å². The van der Waals surface area contributed by atoms with Gasteiger partial charge in [0.05, 0.1) is 12.1 Å². The average Bonchev–Trinajstić information content (AvgIpc) is 3.39. The van der Waals surface area contributed by atoms with Crippen molar-refractivity contribution in [1.82, 2.24) is 9.88 Å². The smallest absolute Gasteiger partial charge is 0.296 e. The number of rotatable bonds is 4. The van der Waals surface area contributed by atoms with Gasteiger partial charge in [0, 0.05) is 22.8 Å². The summed E-state index contributed by atoms with van der Waals surface area (Å²) in [5.41, 5.74) is 0.449. The molecule has 0 saturated carbocycles. The van der Waals surface area contributed by atoms with Crippen molar-refractivity contribution in [1.29, 1.82) is 0 Å². The Labute approximate surface area is 159 Å². The van der Waals surface area contributed by atoms with Crippen molar-refractivity contribution >= 4 is 28.8 Å². The molecule has 1 aliphatic rings. The molecule has 3 aromatic rings. The number of carbonyl (C=O) groups excluding carboxylic acids is 2. The van der Waals surface area contributed by atoms with Crippen molar-refractivity contribution < 1.29 is 19.1 Å². The van der Waals surface area contributed by atoms with Crippen molar-refractivity contribution in [3.8, 4) is 0 Å². The number of ketones is 1. The Kier molecular flexibility index (Phi) is 4.37. The van der Waals surface area contributed by atoms with Gasteiger partial charge in [0.25, 0.3) is 11.7 Å². The van der Waals surface area contributed by atoms with Gasteiger partial charge in [0.15, 0.2) is 0 Å². The van der Waals surface area contributed by atoms with Crippen molar-refractivity contribution in [3.63, 3.8) is 0 Å². The molecule has 4 rings (SSSR count). The molecule has 1 N–H and O–H groups in total. The number of pyridine rings is 1. The minimum Gasteiger partial charge on any atom is -0.507 e. The fraction of sp³-hybridized carbons (Fsp3) is 0.150. The van der Waals surface area contributed by atoms with Crippen LogP contribution in [-0.4, -0.2) is 26.7 Å². The number of thiophene rings is 1. The number of furan rings is 1. The third-order valence-electron chi connectivity index (χ3n) is 4.43. The summed E-state index contributed by atoms with van der Waals surface area (Å²) >= 11 is 1.50.